The van der Waals surface area contributed by atoms with Gasteiger partial charge in [-0.2, -0.15) is 13.2 Å². The number of hydrogen-bond donors (Lipinski definition) is 0. The topological polar surface area (TPSA) is 91.6 Å². The normalized spacial score (nSPS) is 17.3. The molecule has 0 atom stereocenters. The minimum Gasteiger partial charge on any atom is -0.395 e. The molecule has 0 unspecified atom stereocenters. The summed E-state index contributed by atoms with van der Waals surface area (Å²) in [5, 5.41) is 0. The number of halogens is 3. The van der Waals surface area contributed by atoms with E-state index >= 15 is 0 Å². The lowest BCUT2D eigenvalue weighted by Crippen LogP contribution is -2.25. The van der Waals surface area contributed by atoms with Crippen molar-refractivity contribution in [3.05, 3.63) is 28.4 Å². The molecule has 0 N–H and O–H groups in total. The van der Waals surface area contributed by atoms with Crippen molar-refractivity contribution in [2.24, 2.45) is 0 Å². The van der Waals surface area contributed by atoms with Gasteiger partial charge in [-0.05, 0) is 37.1 Å². The highest BCUT2D eigenvalue weighted by Gasteiger charge is 2.40. The van der Waals surface area contributed by atoms with Crippen LogP contribution >= 0.6 is 0 Å². The molecule has 0 saturated carbocycles. The molecule has 23 heavy (non-hydrogen) atoms. The Bertz CT molecular complexity index is 753. The second-order valence-corrected chi connectivity index (χ2v) is 9.89. The lowest BCUT2D eigenvalue weighted by Gasteiger charge is -2.21. The summed E-state index contributed by atoms with van der Waals surface area (Å²) in [7, 11) is -11.4. The van der Waals surface area contributed by atoms with E-state index in [1.54, 1.807) is 16.3 Å². The molecule has 0 radical (unpaired) electrons. The maximum absolute atomic E-state index is 12.1. The third-order valence-corrected chi connectivity index (χ3v) is 7.88. The van der Waals surface area contributed by atoms with Crippen molar-refractivity contribution in [3.63, 3.8) is 0 Å². The number of nitrogens with zero attached hydrogens (tertiary/aromatic N) is 1. The third-order valence-electron chi connectivity index (χ3n) is 2.87. The van der Waals surface area contributed by atoms with E-state index in [9.17, 15) is 30.0 Å². The summed E-state index contributed by atoms with van der Waals surface area (Å²) >= 11 is 0. The first-order valence-electron chi connectivity index (χ1n) is 6.28. The maximum Gasteiger partial charge on any atom is 0.480 e. The molecule has 0 aromatic heterocycles. The van der Waals surface area contributed by atoms with Crippen LogP contribution in [0, 0.1) is 0 Å². The van der Waals surface area contributed by atoms with E-state index in [1.165, 1.54) is 12.1 Å². The molecule has 130 valence electrons. The third kappa shape index (κ3) is 4.75. The van der Waals surface area contributed by atoms with Crippen molar-refractivity contribution in [2.75, 3.05) is 11.5 Å². The fourth-order valence-electron chi connectivity index (χ4n) is 1.88. The summed E-state index contributed by atoms with van der Waals surface area (Å²) in [6, 6.07) is 5.73. The molecule has 1 aliphatic heterocycles. The van der Waals surface area contributed by atoms with Crippen LogP contribution in [0.15, 0.2) is 29.2 Å². The zero-order valence-corrected chi connectivity index (χ0v) is 13.9. The lowest BCUT2D eigenvalue weighted by molar-refractivity contribution is -0.0425. The Morgan fingerprint density at radius 2 is 1.52 bits per heavy atom. The molecular weight excluding hydrogens is 379 g/mol. The van der Waals surface area contributed by atoms with Gasteiger partial charge in [0.25, 0.3) is 0 Å². The summed E-state index contributed by atoms with van der Waals surface area (Å²) in [4.78, 5) is 0.993. The van der Waals surface area contributed by atoms with Crippen molar-refractivity contribution in [1.29, 1.82) is 0 Å². The lowest BCUT2D eigenvalue weighted by atomic mass is 10.3. The van der Waals surface area contributed by atoms with Crippen LogP contribution in [0.3, 0.4) is 0 Å². The minimum atomic E-state index is -6.18. The predicted octanol–water partition coefficient (Wildman–Crippen LogP) is 2.30. The van der Waals surface area contributed by atoms with Crippen LogP contribution in [-0.2, 0) is 31.2 Å². The molecule has 0 aliphatic carbocycles. The van der Waals surface area contributed by atoms with Crippen molar-refractivity contribution in [2.45, 2.75) is 23.2 Å². The Kier molecular flexibility index (Phi) is 5.18. The molecule has 1 aromatic carbocycles. The van der Waals surface area contributed by atoms with Crippen LogP contribution in [0.1, 0.15) is 12.8 Å². The van der Waals surface area contributed by atoms with Crippen molar-refractivity contribution in [3.8, 4) is 5.75 Å². The van der Waals surface area contributed by atoms with Gasteiger partial charge in [-0.25, -0.2) is 16.8 Å². The molecule has 0 spiro atoms. The van der Waals surface area contributed by atoms with E-state index in [4.69, 9.17) is 0 Å². The van der Waals surface area contributed by atoms with Crippen molar-refractivity contribution < 1.29 is 34.2 Å². The van der Waals surface area contributed by atoms with Crippen LogP contribution in [0.2, 0.25) is 0 Å². The number of hydrogen-bond acceptors (Lipinski definition) is 5. The molecule has 1 aromatic rings. The van der Waals surface area contributed by atoms with Gasteiger partial charge < -0.3 is 8.31 Å². The molecule has 0 bridgehead atoms. The maximum atomic E-state index is 12.1. The Morgan fingerprint density at radius 1 is 1.00 bits per heavy atom. The quantitative estimate of drug-likeness (QED) is 0.719. The molecule has 2 rings (SSSR count). The Labute approximate surface area is 134 Å². The summed E-state index contributed by atoms with van der Waals surface area (Å²) in [5.41, 5.74) is -5.81. The molecule has 1 fully saturated rings. The Morgan fingerprint density at radius 3 is 2.00 bits per heavy atom. The molecule has 6 nitrogen and oxygen atoms in total. The first-order chi connectivity index (χ1) is 10.5. The summed E-state index contributed by atoms with van der Waals surface area (Å²) in [5.74, 6) is 1.77. The van der Waals surface area contributed by atoms with Gasteiger partial charge in [0.05, 0.1) is 0 Å². The van der Waals surface area contributed by atoms with Crippen LogP contribution in [-0.4, -0.2) is 33.8 Å². The van der Waals surface area contributed by atoms with Gasteiger partial charge in [0, 0.05) is 10.9 Å². The Balaban J connectivity index is 2.08. The minimum absolute atomic E-state index is 0.0772. The predicted molar refractivity (Wildman–Crippen MR) is 78.9 cm³/mol. The average Bonchev–Trinajstić information content (AvgIpc) is 2.90. The molecule has 1 saturated heterocycles. The molecule has 1 aliphatic rings. The van der Waals surface area contributed by atoms with Gasteiger partial charge in [-0.1, -0.05) is 0 Å². The van der Waals surface area contributed by atoms with Crippen molar-refractivity contribution in [1.82, 2.24) is 0 Å². The molecule has 0 amide bonds. The largest absolute Gasteiger partial charge is 0.480 e. The van der Waals surface area contributed by atoms with E-state index in [-0.39, 0.29) is 16.6 Å². The highest BCUT2D eigenvalue weighted by molar-refractivity contribution is 8.10. The number of alkyl halides is 3. The SMILES string of the molecule is O=S(=O)([N-]S(=O)(=O)C(F)(F)F)Oc1ccc([S+]2CCCC2)cc1. The number of benzene rings is 1. The average molecular weight is 391 g/mol. The smallest absolute Gasteiger partial charge is 0.395 e. The fourth-order valence-corrected chi connectivity index (χ4v) is 5.95. The van der Waals surface area contributed by atoms with Gasteiger partial charge in [0.2, 0.25) is 10.3 Å². The zero-order valence-electron chi connectivity index (χ0n) is 11.5. The second kappa shape index (κ2) is 6.49. The standard InChI is InChI=1S/C11H12F3NO5S3/c12-11(13,14)22(16,17)15-23(18,19)20-9-3-5-10(6-4-9)21-7-1-2-8-21/h3-6H,1-2,7-8H2. The van der Waals surface area contributed by atoms with Crippen LogP contribution in [0.5, 0.6) is 5.75 Å². The van der Waals surface area contributed by atoms with E-state index in [1.807, 2.05) is 0 Å². The first kappa shape index (κ1) is 18.4. The molecule has 12 heteroatoms. The number of rotatable bonds is 5. The fraction of sp³-hybridized carbons (Fsp3) is 0.455. The van der Waals surface area contributed by atoms with Gasteiger partial charge in [-0.15, -0.1) is 0 Å². The van der Waals surface area contributed by atoms with E-state index in [0.717, 1.165) is 29.2 Å². The first-order valence-corrected chi connectivity index (χ1v) is 10.6. The van der Waals surface area contributed by atoms with Crippen molar-refractivity contribution >= 4 is 31.2 Å². The zero-order chi connectivity index (χ0) is 17.3. The van der Waals surface area contributed by atoms with Gasteiger partial charge in [-0.3, -0.25) is 0 Å². The van der Waals surface area contributed by atoms with Gasteiger partial charge in [0.15, 0.2) is 14.9 Å². The second-order valence-electron chi connectivity index (χ2n) is 4.59. The van der Waals surface area contributed by atoms with Gasteiger partial charge in [0.1, 0.15) is 17.3 Å². The van der Waals surface area contributed by atoms with Crippen LogP contribution in [0.25, 0.3) is 4.13 Å². The van der Waals surface area contributed by atoms with Crippen LogP contribution in [0.4, 0.5) is 13.2 Å². The summed E-state index contributed by atoms with van der Waals surface area (Å²) in [6.45, 7) is 0. The Hall–Kier alpha value is -0.980. The van der Waals surface area contributed by atoms with Crippen LogP contribution < -0.4 is 4.18 Å². The van der Waals surface area contributed by atoms with E-state index in [0.29, 0.717) is 0 Å². The highest BCUT2D eigenvalue weighted by Crippen LogP contribution is 2.31. The monoisotopic (exact) mass is 391 g/mol. The number of sulfonamides is 1. The van der Waals surface area contributed by atoms with Gasteiger partial charge >= 0.3 is 5.51 Å². The summed E-state index contributed by atoms with van der Waals surface area (Å²) in [6.07, 6.45) is 2.23. The van der Waals surface area contributed by atoms with E-state index < -0.39 is 25.8 Å². The summed E-state index contributed by atoms with van der Waals surface area (Å²) < 4.78 is 86.6. The van der Waals surface area contributed by atoms with E-state index in [2.05, 4.69) is 4.18 Å². The molecule has 1 heterocycles. The highest BCUT2D eigenvalue weighted by atomic mass is 32.3. The molecular formula is C11H12F3NO5S3.